The molecule has 1 amide bonds. The van der Waals surface area contributed by atoms with Crippen LogP contribution in [-0.4, -0.2) is 26.5 Å². The van der Waals surface area contributed by atoms with Crippen LogP contribution >= 0.6 is 15.9 Å². The fourth-order valence-electron chi connectivity index (χ4n) is 1.40. The minimum atomic E-state index is -0.397. The van der Waals surface area contributed by atoms with E-state index in [1.54, 1.807) is 20.2 Å². The highest BCUT2D eigenvalue weighted by molar-refractivity contribution is 9.10. The molecule has 0 bridgehead atoms. The van der Waals surface area contributed by atoms with Crippen LogP contribution in [0.5, 0.6) is 0 Å². The quantitative estimate of drug-likeness (QED) is 0.833. The summed E-state index contributed by atoms with van der Waals surface area (Å²) in [6.07, 6.45) is 0.363. The van der Waals surface area contributed by atoms with Crippen LogP contribution < -0.4 is 16.0 Å². The second-order valence-corrected chi connectivity index (χ2v) is 4.52. The zero-order valence-corrected chi connectivity index (χ0v) is 11.3. The van der Waals surface area contributed by atoms with Gasteiger partial charge in [0, 0.05) is 33.1 Å². The molecule has 0 heterocycles. The van der Waals surface area contributed by atoms with Crippen molar-refractivity contribution in [3.63, 3.8) is 0 Å². The Balaban J connectivity index is 2.78. The van der Waals surface area contributed by atoms with Gasteiger partial charge in [0.15, 0.2) is 0 Å². The average molecular weight is 304 g/mol. The molecule has 94 valence electrons. The number of hydrogen-bond donors (Lipinski definition) is 2. The van der Waals surface area contributed by atoms with E-state index in [2.05, 4.69) is 21.2 Å². The van der Waals surface area contributed by atoms with Crippen molar-refractivity contribution < 1.29 is 9.18 Å². The molecule has 0 aliphatic heterocycles. The fourth-order valence-corrected chi connectivity index (χ4v) is 1.73. The minimum absolute atomic E-state index is 0.0448. The smallest absolute Gasteiger partial charge is 0.221 e. The standard InChI is InChI=1S/C11H15BrFN3O/c1-15-11(17)3-4-16(2)10-5-7(12)8(13)6-9(10)14/h5-6H,3-4,14H2,1-2H3,(H,15,17). The topological polar surface area (TPSA) is 58.4 Å². The van der Waals surface area contributed by atoms with Crippen LogP contribution in [-0.2, 0) is 4.79 Å². The van der Waals surface area contributed by atoms with Crippen LogP contribution in [0.25, 0.3) is 0 Å². The van der Waals surface area contributed by atoms with Crippen LogP contribution in [0.15, 0.2) is 16.6 Å². The van der Waals surface area contributed by atoms with Crippen molar-refractivity contribution in [1.29, 1.82) is 0 Å². The summed E-state index contributed by atoms with van der Waals surface area (Å²) >= 11 is 3.11. The molecule has 0 saturated heterocycles. The Labute approximate surface area is 108 Å². The predicted octanol–water partition coefficient (Wildman–Crippen LogP) is 1.74. The molecule has 4 nitrogen and oxygen atoms in total. The first-order valence-corrected chi connectivity index (χ1v) is 5.91. The van der Waals surface area contributed by atoms with Crippen molar-refractivity contribution in [3.05, 3.63) is 22.4 Å². The summed E-state index contributed by atoms with van der Waals surface area (Å²) in [6.45, 7) is 0.516. The maximum absolute atomic E-state index is 13.2. The second kappa shape index (κ2) is 5.86. The van der Waals surface area contributed by atoms with E-state index in [-0.39, 0.29) is 5.91 Å². The van der Waals surface area contributed by atoms with Gasteiger partial charge in [0.1, 0.15) is 5.82 Å². The molecule has 0 fully saturated rings. The molecule has 1 rings (SSSR count). The van der Waals surface area contributed by atoms with Crippen LogP contribution in [0, 0.1) is 5.82 Å². The molecule has 0 spiro atoms. The summed E-state index contributed by atoms with van der Waals surface area (Å²) in [5, 5.41) is 2.54. The first-order chi connectivity index (χ1) is 7.95. The molecule has 3 N–H and O–H groups in total. The third-order valence-electron chi connectivity index (χ3n) is 2.43. The largest absolute Gasteiger partial charge is 0.397 e. The Morgan fingerprint density at radius 3 is 2.82 bits per heavy atom. The van der Waals surface area contributed by atoms with E-state index >= 15 is 0 Å². The molecule has 6 heteroatoms. The zero-order valence-electron chi connectivity index (χ0n) is 9.76. The van der Waals surface area contributed by atoms with Gasteiger partial charge in [-0.05, 0) is 22.0 Å². The number of anilines is 2. The summed E-state index contributed by atoms with van der Waals surface area (Å²) in [5.41, 5.74) is 6.78. The number of nitrogens with one attached hydrogen (secondary N) is 1. The lowest BCUT2D eigenvalue weighted by Crippen LogP contribution is -2.26. The number of carbonyl (C=O) groups excluding carboxylic acids is 1. The summed E-state index contributed by atoms with van der Waals surface area (Å²) < 4.78 is 13.5. The molecule has 0 aliphatic rings. The first kappa shape index (κ1) is 13.8. The van der Waals surface area contributed by atoms with Crippen LogP contribution in [0.1, 0.15) is 6.42 Å². The van der Waals surface area contributed by atoms with Gasteiger partial charge in [-0.3, -0.25) is 4.79 Å². The number of halogens is 2. The molecule has 1 aromatic rings. The van der Waals surface area contributed by atoms with Crippen LogP contribution in [0.2, 0.25) is 0 Å². The van der Waals surface area contributed by atoms with Crippen molar-refractivity contribution in [2.45, 2.75) is 6.42 Å². The van der Waals surface area contributed by atoms with Gasteiger partial charge in [0.25, 0.3) is 0 Å². The van der Waals surface area contributed by atoms with E-state index in [4.69, 9.17) is 5.73 Å². The van der Waals surface area contributed by atoms with Crippen molar-refractivity contribution in [3.8, 4) is 0 Å². The average Bonchev–Trinajstić information content (AvgIpc) is 2.30. The maximum Gasteiger partial charge on any atom is 0.221 e. The number of amides is 1. The van der Waals surface area contributed by atoms with Gasteiger partial charge >= 0.3 is 0 Å². The van der Waals surface area contributed by atoms with Gasteiger partial charge in [-0.2, -0.15) is 0 Å². The highest BCUT2D eigenvalue weighted by atomic mass is 79.9. The summed E-state index contributed by atoms with van der Waals surface area (Å²) in [6, 6.07) is 2.87. The van der Waals surface area contributed by atoms with Gasteiger partial charge in [0.05, 0.1) is 15.8 Å². The van der Waals surface area contributed by atoms with E-state index < -0.39 is 5.82 Å². The van der Waals surface area contributed by atoms with Gasteiger partial charge in [-0.25, -0.2) is 4.39 Å². The summed E-state index contributed by atoms with van der Waals surface area (Å²) in [5.74, 6) is -0.442. The number of nitrogens with two attached hydrogens (primary N) is 1. The lowest BCUT2D eigenvalue weighted by atomic mass is 10.2. The fraction of sp³-hybridized carbons (Fsp3) is 0.364. The van der Waals surface area contributed by atoms with Gasteiger partial charge < -0.3 is 16.0 Å². The Morgan fingerprint density at radius 1 is 1.59 bits per heavy atom. The summed E-state index contributed by atoms with van der Waals surface area (Å²) in [4.78, 5) is 12.9. The zero-order chi connectivity index (χ0) is 13.0. The third-order valence-corrected chi connectivity index (χ3v) is 3.04. The number of carbonyl (C=O) groups is 1. The maximum atomic E-state index is 13.2. The molecule has 1 aromatic carbocycles. The first-order valence-electron chi connectivity index (χ1n) is 5.12. The Hall–Kier alpha value is -1.30. The van der Waals surface area contributed by atoms with Crippen LogP contribution in [0.4, 0.5) is 15.8 Å². The summed E-state index contributed by atoms with van der Waals surface area (Å²) in [7, 11) is 3.39. The van der Waals surface area contributed by atoms with E-state index in [9.17, 15) is 9.18 Å². The van der Waals surface area contributed by atoms with Gasteiger partial charge in [0.2, 0.25) is 5.91 Å². The van der Waals surface area contributed by atoms with Crippen molar-refractivity contribution in [1.82, 2.24) is 5.32 Å². The van der Waals surface area contributed by atoms with Crippen molar-refractivity contribution in [2.75, 3.05) is 31.3 Å². The molecule has 0 aliphatic carbocycles. The highest BCUT2D eigenvalue weighted by Gasteiger charge is 2.10. The van der Waals surface area contributed by atoms with E-state index in [0.29, 0.717) is 28.8 Å². The molecular weight excluding hydrogens is 289 g/mol. The molecule has 0 unspecified atom stereocenters. The second-order valence-electron chi connectivity index (χ2n) is 3.67. The normalized spacial score (nSPS) is 10.1. The number of nitrogens with zero attached hydrogens (tertiary/aromatic N) is 1. The monoisotopic (exact) mass is 303 g/mol. The lowest BCUT2D eigenvalue weighted by molar-refractivity contribution is -0.120. The SMILES string of the molecule is CNC(=O)CCN(C)c1cc(Br)c(F)cc1N. The Morgan fingerprint density at radius 2 is 2.24 bits per heavy atom. The molecule has 0 saturated carbocycles. The van der Waals surface area contributed by atoms with Crippen LogP contribution in [0.3, 0.4) is 0 Å². The number of benzene rings is 1. The van der Waals surface area contributed by atoms with Gasteiger partial charge in [-0.1, -0.05) is 0 Å². The van der Waals surface area contributed by atoms with Crippen molar-refractivity contribution in [2.24, 2.45) is 0 Å². The molecule has 0 aromatic heterocycles. The molecule has 17 heavy (non-hydrogen) atoms. The highest BCUT2D eigenvalue weighted by Crippen LogP contribution is 2.28. The molecule has 0 radical (unpaired) electrons. The molecule has 0 atom stereocenters. The number of nitrogen functional groups attached to an aromatic ring is 1. The van der Waals surface area contributed by atoms with Gasteiger partial charge in [-0.15, -0.1) is 0 Å². The number of rotatable bonds is 4. The molecular formula is C11H15BrFN3O. The van der Waals surface area contributed by atoms with Crippen molar-refractivity contribution >= 4 is 33.2 Å². The van der Waals surface area contributed by atoms with E-state index in [1.165, 1.54) is 6.07 Å². The van der Waals surface area contributed by atoms with E-state index in [1.807, 2.05) is 4.90 Å². The Kier molecular flexibility index (Phi) is 4.74. The minimum Gasteiger partial charge on any atom is -0.397 e. The lowest BCUT2D eigenvalue weighted by Gasteiger charge is -2.21. The number of hydrogen-bond acceptors (Lipinski definition) is 3. The van der Waals surface area contributed by atoms with E-state index in [0.717, 1.165) is 0 Å². The Bertz CT molecular complexity index is 425. The third kappa shape index (κ3) is 3.59. The predicted molar refractivity (Wildman–Crippen MR) is 70.5 cm³/mol.